The lowest BCUT2D eigenvalue weighted by Crippen LogP contribution is -2.38. The summed E-state index contributed by atoms with van der Waals surface area (Å²) in [6.45, 7) is 2.79. The second kappa shape index (κ2) is 3.25. The fraction of sp³-hybridized carbons (Fsp3) is 0.667. The molecule has 1 aromatic heterocycles. The van der Waals surface area contributed by atoms with Crippen molar-refractivity contribution in [1.82, 2.24) is 20.2 Å². The lowest BCUT2D eigenvalue weighted by molar-refractivity contribution is 0.414. The molecule has 11 heavy (non-hydrogen) atoms. The largest absolute Gasteiger partial charge is 0.313 e. The van der Waals surface area contributed by atoms with Gasteiger partial charge in [0.25, 0.3) is 0 Å². The van der Waals surface area contributed by atoms with E-state index in [9.17, 15) is 0 Å². The molecule has 0 spiro atoms. The van der Waals surface area contributed by atoms with Crippen LogP contribution in [0.5, 0.6) is 0 Å². The summed E-state index contributed by atoms with van der Waals surface area (Å²) in [5, 5.41) is 13.6. The third-order valence-corrected chi connectivity index (χ3v) is 2.22. The van der Waals surface area contributed by atoms with Crippen LogP contribution in [0.2, 0.25) is 0 Å². The second-order valence-electron chi connectivity index (χ2n) is 2.46. The zero-order valence-corrected chi connectivity index (χ0v) is 6.84. The number of nitrogens with one attached hydrogen (secondary N) is 1. The summed E-state index contributed by atoms with van der Waals surface area (Å²) >= 11 is 1.38. The van der Waals surface area contributed by atoms with Crippen LogP contribution >= 0.6 is 11.5 Å². The Morgan fingerprint density at radius 3 is 3.27 bits per heavy atom. The first-order valence-corrected chi connectivity index (χ1v) is 4.45. The third kappa shape index (κ3) is 1.55. The maximum Gasteiger partial charge on any atom is 0.0954 e. The highest BCUT2D eigenvalue weighted by atomic mass is 32.1. The monoisotopic (exact) mass is 169 g/mol. The Morgan fingerprint density at radius 1 is 1.64 bits per heavy atom. The second-order valence-corrected chi connectivity index (χ2v) is 3.07. The standard InChI is InChI=1S/C6H9N4S/c1-2-8-5(3-7-1)6-4-11-10-9-6/h4-5,7H,1-3H2. The van der Waals surface area contributed by atoms with Crippen molar-refractivity contribution in [3.05, 3.63) is 11.1 Å². The molecule has 1 atom stereocenters. The fourth-order valence-corrected chi connectivity index (χ4v) is 1.62. The lowest BCUT2D eigenvalue weighted by atomic mass is 10.2. The van der Waals surface area contributed by atoms with Crippen molar-refractivity contribution in [1.29, 1.82) is 0 Å². The van der Waals surface area contributed by atoms with Crippen molar-refractivity contribution >= 4 is 11.5 Å². The number of hydrogen-bond acceptors (Lipinski definition) is 4. The predicted molar refractivity (Wildman–Crippen MR) is 42.5 cm³/mol. The highest BCUT2D eigenvalue weighted by molar-refractivity contribution is 7.03. The Hall–Kier alpha value is -0.520. The van der Waals surface area contributed by atoms with Crippen molar-refractivity contribution in [3.63, 3.8) is 0 Å². The quantitative estimate of drug-likeness (QED) is 0.632. The van der Waals surface area contributed by atoms with Gasteiger partial charge in [-0.1, -0.05) is 4.49 Å². The number of hydrogen-bond donors (Lipinski definition) is 1. The summed E-state index contributed by atoms with van der Waals surface area (Å²) < 4.78 is 3.80. The van der Waals surface area contributed by atoms with Gasteiger partial charge >= 0.3 is 0 Å². The van der Waals surface area contributed by atoms with Gasteiger partial charge in [-0.3, -0.25) is 0 Å². The summed E-state index contributed by atoms with van der Waals surface area (Å²) in [4.78, 5) is 0. The molecule has 0 bridgehead atoms. The summed E-state index contributed by atoms with van der Waals surface area (Å²) in [5.74, 6) is 0. The van der Waals surface area contributed by atoms with Gasteiger partial charge in [0, 0.05) is 25.0 Å². The van der Waals surface area contributed by atoms with Crippen LogP contribution in [0.15, 0.2) is 5.38 Å². The van der Waals surface area contributed by atoms with E-state index >= 15 is 0 Å². The molecule has 1 aromatic rings. The molecule has 1 unspecified atom stereocenters. The number of rotatable bonds is 1. The molecular formula is C6H9N4S. The van der Waals surface area contributed by atoms with Gasteiger partial charge in [0.05, 0.1) is 11.7 Å². The first kappa shape index (κ1) is 7.15. The van der Waals surface area contributed by atoms with Gasteiger partial charge in [0.2, 0.25) is 0 Å². The maximum atomic E-state index is 4.41. The molecular weight excluding hydrogens is 160 g/mol. The average Bonchev–Trinajstić information content (AvgIpc) is 2.58. The third-order valence-electron chi connectivity index (χ3n) is 1.69. The first-order chi connectivity index (χ1) is 5.47. The zero-order chi connectivity index (χ0) is 7.52. The molecule has 4 nitrogen and oxygen atoms in total. The molecule has 1 aliphatic rings. The molecule has 0 amide bonds. The van der Waals surface area contributed by atoms with Crippen molar-refractivity contribution in [2.75, 3.05) is 19.6 Å². The van der Waals surface area contributed by atoms with Crippen molar-refractivity contribution in [3.8, 4) is 0 Å². The normalized spacial score (nSPS) is 25.3. The summed E-state index contributed by atoms with van der Waals surface area (Å²) in [6, 6.07) is 0.238. The molecule has 1 fully saturated rings. The molecule has 1 saturated heterocycles. The Bertz CT molecular complexity index is 204. The molecule has 0 aromatic carbocycles. The van der Waals surface area contributed by atoms with Crippen LogP contribution < -0.4 is 10.6 Å². The number of piperazine rings is 1. The van der Waals surface area contributed by atoms with Gasteiger partial charge < -0.3 is 5.32 Å². The number of nitrogens with zero attached hydrogens (tertiary/aromatic N) is 3. The van der Waals surface area contributed by atoms with Crippen LogP contribution in [0.3, 0.4) is 0 Å². The molecule has 0 aliphatic carbocycles. The van der Waals surface area contributed by atoms with Crippen molar-refractivity contribution in [2.45, 2.75) is 6.04 Å². The molecule has 0 saturated carbocycles. The van der Waals surface area contributed by atoms with Crippen molar-refractivity contribution in [2.24, 2.45) is 0 Å². The number of aromatic nitrogens is 2. The molecule has 1 N–H and O–H groups in total. The molecule has 2 rings (SSSR count). The van der Waals surface area contributed by atoms with E-state index in [2.05, 4.69) is 20.2 Å². The summed E-state index contributed by atoms with van der Waals surface area (Å²) in [7, 11) is 0. The highest BCUT2D eigenvalue weighted by Crippen LogP contribution is 2.12. The Morgan fingerprint density at radius 2 is 2.64 bits per heavy atom. The minimum Gasteiger partial charge on any atom is -0.313 e. The van der Waals surface area contributed by atoms with Gasteiger partial charge in [0.15, 0.2) is 0 Å². The minimum absolute atomic E-state index is 0.238. The van der Waals surface area contributed by atoms with Gasteiger partial charge in [-0.05, 0) is 11.5 Å². The Labute approximate surface area is 69.2 Å². The van der Waals surface area contributed by atoms with Crippen LogP contribution in [-0.4, -0.2) is 29.2 Å². The van der Waals surface area contributed by atoms with Gasteiger partial charge in [-0.2, -0.15) is 0 Å². The van der Waals surface area contributed by atoms with Gasteiger partial charge in [-0.15, -0.1) is 5.10 Å². The maximum absolute atomic E-state index is 4.41. The molecule has 1 radical (unpaired) electrons. The van der Waals surface area contributed by atoms with E-state index in [0.717, 1.165) is 25.3 Å². The fourth-order valence-electron chi connectivity index (χ4n) is 1.12. The van der Waals surface area contributed by atoms with E-state index in [1.54, 1.807) is 0 Å². The van der Waals surface area contributed by atoms with E-state index in [1.165, 1.54) is 11.5 Å². The van der Waals surface area contributed by atoms with E-state index in [1.807, 2.05) is 5.38 Å². The minimum atomic E-state index is 0.238. The van der Waals surface area contributed by atoms with Crippen LogP contribution in [0, 0.1) is 0 Å². The van der Waals surface area contributed by atoms with Crippen molar-refractivity contribution < 1.29 is 0 Å². The molecule has 5 heteroatoms. The highest BCUT2D eigenvalue weighted by Gasteiger charge is 2.17. The Balaban J connectivity index is 2.04. The lowest BCUT2D eigenvalue weighted by Gasteiger charge is -2.20. The zero-order valence-electron chi connectivity index (χ0n) is 6.03. The molecule has 59 valence electrons. The SMILES string of the molecule is c1snnc1C1CNCC[N]1. The van der Waals surface area contributed by atoms with Gasteiger partial charge in [-0.25, -0.2) is 5.32 Å². The van der Waals surface area contributed by atoms with Crippen LogP contribution in [0.1, 0.15) is 11.7 Å². The molecule has 2 heterocycles. The van der Waals surface area contributed by atoms with E-state index in [4.69, 9.17) is 0 Å². The smallest absolute Gasteiger partial charge is 0.0954 e. The predicted octanol–water partition coefficient (Wildman–Crippen LogP) is -0.213. The summed E-state index contributed by atoms with van der Waals surface area (Å²) in [6.07, 6.45) is 0. The summed E-state index contributed by atoms with van der Waals surface area (Å²) in [5.41, 5.74) is 1.00. The van der Waals surface area contributed by atoms with Crippen LogP contribution in [0.4, 0.5) is 0 Å². The Kier molecular flexibility index (Phi) is 2.11. The van der Waals surface area contributed by atoms with E-state index in [-0.39, 0.29) is 6.04 Å². The average molecular weight is 169 g/mol. The first-order valence-electron chi connectivity index (χ1n) is 3.61. The topological polar surface area (TPSA) is 51.9 Å². The van der Waals surface area contributed by atoms with E-state index < -0.39 is 0 Å². The van der Waals surface area contributed by atoms with Crippen LogP contribution in [-0.2, 0) is 0 Å². The van der Waals surface area contributed by atoms with E-state index in [0.29, 0.717) is 0 Å². The van der Waals surface area contributed by atoms with Gasteiger partial charge in [0.1, 0.15) is 0 Å². The molecule has 1 aliphatic heterocycles. The van der Waals surface area contributed by atoms with Crippen LogP contribution in [0.25, 0.3) is 0 Å².